The van der Waals surface area contributed by atoms with E-state index in [4.69, 9.17) is 4.74 Å². The van der Waals surface area contributed by atoms with Crippen LogP contribution in [-0.4, -0.2) is 46.9 Å². The lowest BCUT2D eigenvalue weighted by atomic mass is 10.2. The van der Waals surface area contributed by atoms with Crippen molar-refractivity contribution in [2.24, 2.45) is 7.05 Å². The highest BCUT2D eigenvalue weighted by atomic mass is 32.1. The summed E-state index contributed by atoms with van der Waals surface area (Å²) < 4.78 is 7.47. The molecule has 0 aliphatic carbocycles. The number of morpholine rings is 1. The third-order valence-corrected chi connectivity index (χ3v) is 5.71. The zero-order valence-corrected chi connectivity index (χ0v) is 14.8. The fourth-order valence-electron chi connectivity index (χ4n) is 3.20. The van der Waals surface area contributed by atoms with Gasteiger partial charge in [0.1, 0.15) is 4.88 Å². The molecule has 0 radical (unpaired) electrons. The van der Waals surface area contributed by atoms with Gasteiger partial charge in [0.15, 0.2) is 5.13 Å². The molecule has 4 rings (SSSR count). The van der Waals surface area contributed by atoms with Gasteiger partial charge in [-0.3, -0.25) is 0 Å². The number of carboxylic acid groups (broad SMARTS) is 1. The molecule has 2 aromatic heterocycles. The summed E-state index contributed by atoms with van der Waals surface area (Å²) in [6.07, 6.45) is 0.508. The van der Waals surface area contributed by atoms with Gasteiger partial charge in [-0.25, -0.2) is 9.78 Å². The Bertz CT molecular complexity index is 925. The Balaban J connectivity index is 1.69. The summed E-state index contributed by atoms with van der Waals surface area (Å²) in [4.78, 5) is 18.8. The van der Waals surface area contributed by atoms with Crippen LogP contribution in [0.25, 0.3) is 10.9 Å². The van der Waals surface area contributed by atoms with E-state index in [9.17, 15) is 9.90 Å². The number of nitrogens with zero attached hydrogens (tertiary/aromatic N) is 3. The van der Waals surface area contributed by atoms with Gasteiger partial charge in [0.05, 0.1) is 18.9 Å². The second-order valence-corrected chi connectivity index (χ2v) is 7.08. The molecule has 6 nitrogen and oxygen atoms in total. The fraction of sp³-hybridized carbons (Fsp3) is 0.333. The molecule has 0 amide bonds. The van der Waals surface area contributed by atoms with Crippen molar-refractivity contribution >= 4 is 33.3 Å². The molecule has 1 N–H and O–H groups in total. The molecular formula is C18H19N3O3S. The first kappa shape index (κ1) is 16.1. The van der Waals surface area contributed by atoms with Crippen LogP contribution in [0.5, 0.6) is 0 Å². The average molecular weight is 357 g/mol. The van der Waals surface area contributed by atoms with Crippen molar-refractivity contribution in [2.75, 3.05) is 31.2 Å². The molecule has 0 spiro atoms. The van der Waals surface area contributed by atoms with Gasteiger partial charge < -0.3 is 19.3 Å². The molecule has 3 aromatic rings. The van der Waals surface area contributed by atoms with Crippen molar-refractivity contribution in [3.63, 3.8) is 0 Å². The molecule has 7 heteroatoms. The monoisotopic (exact) mass is 357 g/mol. The van der Waals surface area contributed by atoms with Crippen LogP contribution in [0.3, 0.4) is 0 Å². The van der Waals surface area contributed by atoms with Crippen LogP contribution in [0, 0.1) is 0 Å². The highest BCUT2D eigenvalue weighted by Gasteiger charge is 2.23. The summed E-state index contributed by atoms with van der Waals surface area (Å²) >= 11 is 1.26. The van der Waals surface area contributed by atoms with E-state index in [1.54, 1.807) is 0 Å². The Hall–Kier alpha value is -2.38. The quantitative estimate of drug-likeness (QED) is 0.778. The minimum atomic E-state index is -0.911. The van der Waals surface area contributed by atoms with Crippen LogP contribution in [0.2, 0.25) is 0 Å². The van der Waals surface area contributed by atoms with Crippen LogP contribution in [0.4, 0.5) is 5.13 Å². The van der Waals surface area contributed by atoms with Gasteiger partial charge >= 0.3 is 5.97 Å². The van der Waals surface area contributed by atoms with E-state index in [0.29, 0.717) is 30.2 Å². The maximum Gasteiger partial charge on any atom is 0.347 e. The number of benzene rings is 1. The van der Waals surface area contributed by atoms with E-state index in [1.165, 1.54) is 11.3 Å². The molecule has 1 fully saturated rings. The number of ether oxygens (including phenoxy) is 1. The zero-order chi connectivity index (χ0) is 17.4. The molecule has 130 valence electrons. The first-order valence-electron chi connectivity index (χ1n) is 8.22. The highest BCUT2D eigenvalue weighted by molar-refractivity contribution is 7.17. The number of carbonyl (C=O) groups is 1. The number of aromatic carboxylic acids is 1. The minimum absolute atomic E-state index is 0.326. The molecule has 1 aromatic carbocycles. The van der Waals surface area contributed by atoms with Gasteiger partial charge in [-0.05, 0) is 17.5 Å². The van der Waals surface area contributed by atoms with Gasteiger partial charge in [-0.1, -0.05) is 29.5 Å². The van der Waals surface area contributed by atoms with Gasteiger partial charge in [-0.2, -0.15) is 0 Å². The molecule has 0 bridgehead atoms. The summed E-state index contributed by atoms with van der Waals surface area (Å²) in [6.45, 7) is 2.81. The van der Waals surface area contributed by atoms with Crippen LogP contribution < -0.4 is 4.90 Å². The Kier molecular flexibility index (Phi) is 4.19. The maximum atomic E-state index is 11.7. The summed E-state index contributed by atoms with van der Waals surface area (Å²) in [5, 5.41) is 11.5. The van der Waals surface area contributed by atoms with Gasteiger partial charge in [0, 0.05) is 37.8 Å². The third kappa shape index (κ3) is 3.01. The molecule has 1 aliphatic rings. The van der Waals surface area contributed by atoms with E-state index < -0.39 is 5.97 Å². The number of fused-ring (bicyclic) bond motifs is 1. The number of aromatic nitrogens is 2. The topological polar surface area (TPSA) is 67.6 Å². The van der Waals surface area contributed by atoms with Crippen LogP contribution in [0.15, 0.2) is 30.3 Å². The van der Waals surface area contributed by atoms with Crippen molar-refractivity contribution < 1.29 is 14.6 Å². The number of carboxylic acids is 1. The van der Waals surface area contributed by atoms with Gasteiger partial charge in [0.25, 0.3) is 0 Å². The van der Waals surface area contributed by atoms with E-state index in [1.807, 2.05) is 19.2 Å². The molecule has 0 unspecified atom stereocenters. The van der Waals surface area contributed by atoms with Crippen molar-refractivity contribution in [1.82, 2.24) is 9.55 Å². The first-order chi connectivity index (χ1) is 12.1. The summed E-state index contributed by atoms with van der Waals surface area (Å²) in [6, 6.07) is 10.3. The van der Waals surface area contributed by atoms with Crippen LogP contribution in [-0.2, 0) is 18.2 Å². The van der Waals surface area contributed by atoms with Gasteiger partial charge in [0.2, 0.25) is 0 Å². The zero-order valence-electron chi connectivity index (χ0n) is 13.9. The highest BCUT2D eigenvalue weighted by Crippen LogP contribution is 2.30. The lowest BCUT2D eigenvalue weighted by molar-refractivity contribution is 0.0701. The SMILES string of the molecule is Cn1c(Cc2nc(N3CCOCC3)sc2C(=O)O)cc2ccccc21. The van der Waals surface area contributed by atoms with Crippen LogP contribution in [0.1, 0.15) is 21.1 Å². The molecule has 1 saturated heterocycles. The number of aryl methyl sites for hydroxylation is 1. The number of hydrogen-bond donors (Lipinski definition) is 1. The number of rotatable bonds is 4. The molecule has 3 heterocycles. The normalized spacial score (nSPS) is 15.0. The number of para-hydroxylation sites is 1. The standard InChI is InChI=1S/C18H19N3O3S/c1-20-13(10-12-4-2-3-5-15(12)20)11-14-16(17(22)23)25-18(19-14)21-6-8-24-9-7-21/h2-5,10H,6-9,11H2,1H3,(H,22,23). The summed E-state index contributed by atoms with van der Waals surface area (Å²) in [5.74, 6) is -0.911. The molecule has 0 atom stereocenters. The Labute approximate surface area is 149 Å². The maximum absolute atomic E-state index is 11.7. The Morgan fingerprint density at radius 1 is 1.32 bits per heavy atom. The number of thiazole rings is 1. The number of anilines is 1. The predicted molar refractivity (Wildman–Crippen MR) is 97.8 cm³/mol. The van der Waals surface area contributed by atoms with Crippen molar-refractivity contribution in [2.45, 2.75) is 6.42 Å². The smallest absolute Gasteiger partial charge is 0.347 e. The average Bonchev–Trinajstić information content (AvgIpc) is 3.19. The van der Waals surface area contributed by atoms with Crippen molar-refractivity contribution in [3.8, 4) is 0 Å². The molecule has 1 aliphatic heterocycles. The lowest BCUT2D eigenvalue weighted by Gasteiger charge is -2.26. The number of hydrogen-bond acceptors (Lipinski definition) is 5. The fourth-order valence-corrected chi connectivity index (χ4v) is 4.18. The lowest BCUT2D eigenvalue weighted by Crippen LogP contribution is -2.36. The molecular weight excluding hydrogens is 338 g/mol. The second kappa shape index (κ2) is 6.50. The largest absolute Gasteiger partial charge is 0.477 e. The summed E-state index contributed by atoms with van der Waals surface area (Å²) in [7, 11) is 2.01. The predicted octanol–water partition coefficient (Wildman–Crippen LogP) is 2.76. The second-order valence-electron chi connectivity index (χ2n) is 6.11. The van der Waals surface area contributed by atoms with Gasteiger partial charge in [-0.15, -0.1) is 0 Å². The van der Waals surface area contributed by atoms with E-state index >= 15 is 0 Å². The molecule has 0 saturated carbocycles. The third-order valence-electron chi connectivity index (χ3n) is 4.56. The Morgan fingerprint density at radius 3 is 2.80 bits per heavy atom. The Morgan fingerprint density at radius 2 is 2.08 bits per heavy atom. The van der Waals surface area contributed by atoms with E-state index in [0.717, 1.165) is 34.8 Å². The van der Waals surface area contributed by atoms with Crippen molar-refractivity contribution in [3.05, 3.63) is 46.6 Å². The minimum Gasteiger partial charge on any atom is -0.477 e. The first-order valence-corrected chi connectivity index (χ1v) is 9.04. The van der Waals surface area contributed by atoms with Crippen LogP contribution >= 0.6 is 11.3 Å². The van der Waals surface area contributed by atoms with E-state index in [-0.39, 0.29) is 0 Å². The summed E-state index contributed by atoms with van der Waals surface area (Å²) in [5.41, 5.74) is 2.82. The molecule has 25 heavy (non-hydrogen) atoms. The van der Waals surface area contributed by atoms with E-state index in [2.05, 4.69) is 32.7 Å². The van der Waals surface area contributed by atoms with Crippen molar-refractivity contribution in [1.29, 1.82) is 0 Å².